The quantitative estimate of drug-likeness (QED) is 0.467. The molecule has 1 rings (SSSR count). The van der Waals surface area contributed by atoms with E-state index in [0.717, 1.165) is 25.7 Å². The third kappa shape index (κ3) is 8.93. The number of halogens is 1. The number of hydrogen-bond donors (Lipinski definition) is 4. The summed E-state index contributed by atoms with van der Waals surface area (Å²) < 4.78 is 0. The zero-order chi connectivity index (χ0) is 19.9. The van der Waals surface area contributed by atoms with E-state index >= 15 is 0 Å². The van der Waals surface area contributed by atoms with E-state index in [-0.39, 0.29) is 42.0 Å². The van der Waals surface area contributed by atoms with E-state index in [4.69, 9.17) is 5.73 Å². The van der Waals surface area contributed by atoms with Gasteiger partial charge in [0.15, 0.2) is 0 Å². The topological polar surface area (TPSA) is 122 Å². The first-order valence-corrected chi connectivity index (χ1v) is 9.68. The van der Waals surface area contributed by atoms with Gasteiger partial charge in [-0.3, -0.25) is 9.59 Å². The van der Waals surface area contributed by atoms with Crippen molar-refractivity contribution in [3.8, 4) is 0 Å². The molecular formula is C19H36ClN3O4. The van der Waals surface area contributed by atoms with Crippen LogP contribution in [0.2, 0.25) is 0 Å². The fourth-order valence-corrected chi connectivity index (χ4v) is 3.28. The van der Waals surface area contributed by atoms with E-state index in [1.807, 2.05) is 27.7 Å². The molecule has 0 bridgehead atoms. The summed E-state index contributed by atoms with van der Waals surface area (Å²) in [5, 5.41) is 14.8. The second-order valence-electron chi connectivity index (χ2n) is 8.26. The second-order valence-corrected chi connectivity index (χ2v) is 8.26. The number of nitrogens with one attached hydrogen (secondary N) is 2. The van der Waals surface area contributed by atoms with Crippen LogP contribution in [-0.4, -0.2) is 41.5 Å². The summed E-state index contributed by atoms with van der Waals surface area (Å²) >= 11 is 0. The zero-order valence-corrected chi connectivity index (χ0v) is 17.7. The van der Waals surface area contributed by atoms with Crippen LogP contribution in [0.15, 0.2) is 0 Å². The Bertz CT molecular complexity index is 491. The minimum atomic E-state index is -0.982. The highest BCUT2D eigenvalue weighted by atomic mass is 35.5. The monoisotopic (exact) mass is 405 g/mol. The highest BCUT2D eigenvalue weighted by Crippen LogP contribution is 2.28. The van der Waals surface area contributed by atoms with Crippen molar-refractivity contribution in [1.29, 1.82) is 0 Å². The maximum atomic E-state index is 12.4. The Morgan fingerprint density at radius 3 is 2.07 bits per heavy atom. The van der Waals surface area contributed by atoms with Gasteiger partial charge in [-0.2, -0.15) is 0 Å². The van der Waals surface area contributed by atoms with Crippen LogP contribution in [0, 0.1) is 23.7 Å². The molecule has 1 fully saturated rings. The molecule has 1 aliphatic rings. The molecule has 1 saturated carbocycles. The summed E-state index contributed by atoms with van der Waals surface area (Å²) in [7, 11) is 0. The lowest BCUT2D eigenvalue weighted by Gasteiger charge is -2.29. The van der Waals surface area contributed by atoms with Gasteiger partial charge in [-0.1, -0.05) is 27.7 Å². The SMILES string of the molecule is CC(C)CC(NC(=O)C1CCC(CNC(=O)C(N)C(C)C)CC1)C(=O)O.Cl. The van der Waals surface area contributed by atoms with E-state index < -0.39 is 18.1 Å². The van der Waals surface area contributed by atoms with E-state index in [9.17, 15) is 19.5 Å². The van der Waals surface area contributed by atoms with Gasteiger partial charge in [0.1, 0.15) is 6.04 Å². The summed E-state index contributed by atoms with van der Waals surface area (Å²) in [6.45, 7) is 8.29. The van der Waals surface area contributed by atoms with E-state index in [1.54, 1.807) is 0 Å². The lowest BCUT2D eigenvalue weighted by atomic mass is 9.81. The molecule has 0 radical (unpaired) electrons. The van der Waals surface area contributed by atoms with Gasteiger partial charge in [0.05, 0.1) is 6.04 Å². The van der Waals surface area contributed by atoms with Crippen molar-refractivity contribution in [2.24, 2.45) is 29.4 Å². The van der Waals surface area contributed by atoms with Crippen molar-refractivity contribution in [2.75, 3.05) is 6.54 Å². The number of nitrogens with two attached hydrogens (primary N) is 1. The van der Waals surface area contributed by atoms with Gasteiger partial charge < -0.3 is 21.5 Å². The summed E-state index contributed by atoms with van der Waals surface area (Å²) in [5.41, 5.74) is 5.83. The number of rotatable bonds is 9. The largest absolute Gasteiger partial charge is 0.480 e. The highest BCUT2D eigenvalue weighted by molar-refractivity contribution is 5.85. The number of carboxylic acid groups (broad SMARTS) is 1. The Kier molecular flexibility index (Phi) is 11.6. The average Bonchev–Trinajstić information content (AvgIpc) is 2.58. The molecule has 0 spiro atoms. The van der Waals surface area contributed by atoms with Gasteiger partial charge >= 0.3 is 5.97 Å². The van der Waals surface area contributed by atoms with E-state index in [2.05, 4.69) is 10.6 Å². The maximum Gasteiger partial charge on any atom is 0.326 e. The number of amides is 2. The fraction of sp³-hybridized carbons (Fsp3) is 0.842. The minimum Gasteiger partial charge on any atom is -0.480 e. The summed E-state index contributed by atoms with van der Waals surface area (Å²) in [6, 6.07) is -1.32. The molecule has 0 saturated heterocycles. The van der Waals surface area contributed by atoms with Crippen LogP contribution in [-0.2, 0) is 14.4 Å². The van der Waals surface area contributed by atoms with Crippen LogP contribution < -0.4 is 16.4 Å². The number of carbonyl (C=O) groups is 3. The Labute approximate surface area is 168 Å². The lowest BCUT2D eigenvalue weighted by molar-refractivity contribution is -0.143. The molecule has 8 heteroatoms. The molecule has 5 N–H and O–H groups in total. The number of carboxylic acids is 1. The molecule has 0 aliphatic heterocycles. The maximum absolute atomic E-state index is 12.4. The van der Waals surface area contributed by atoms with Crippen molar-refractivity contribution in [2.45, 2.75) is 71.9 Å². The number of hydrogen-bond acceptors (Lipinski definition) is 4. The molecular weight excluding hydrogens is 370 g/mol. The fourth-order valence-electron chi connectivity index (χ4n) is 3.28. The highest BCUT2D eigenvalue weighted by Gasteiger charge is 2.30. The summed E-state index contributed by atoms with van der Waals surface area (Å²) in [4.78, 5) is 35.6. The van der Waals surface area contributed by atoms with Gasteiger partial charge in [0.2, 0.25) is 11.8 Å². The van der Waals surface area contributed by atoms with Gasteiger partial charge in [0, 0.05) is 12.5 Å². The zero-order valence-electron chi connectivity index (χ0n) is 16.9. The molecule has 1 aliphatic carbocycles. The van der Waals surface area contributed by atoms with Crippen molar-refractivity contribution in [3.63, 3.8) is 0 Å². The third-order valence-electron chi connectivity index (χ3n) is 5.13. The summed E-state index contributed by atoms with van der Waals surface area (Å²) in [5.74, 6) is -0.775. The lowest BCUT2D eigenvalue weighted by Crippen LogP contribution is -2.46. The van der Waals surface area contributed by atoms with Crippen LogP contribution in [0.4, 0.5) is 0 Å². The minimum absolute atomic E-state index is 0. The first-order chi connectivity index (χ1) is 12.1. The summed E-state index contributed by atoms with van der Waals surface area (Å²) in [6.07, 6.45) is 3.56. The molecule has 0 heterocycles. The van der Waals surface area contributed by atoms with Gasteiger partial charge in [-0.15, -0.1) is 12.4 Å². The third-order valence-corrected chi connectivity index (χ3v) is 5.13. The molecule has 0 aromatic rings. The van der Waals surface area contributed by atoms with Crippen LogP contribution >= 0.6 is 12.4 Å². The predicted molar refractivity (Wildman–Crippen MR) is 108 cm³/mol. The molecule has 7 nitrogen and oxygen atoms in total. The Morgan fingerprint density at radius 2 is 1.63 bits per heavy atom. The molecule has 27 heavy (non-hydrogen) atoms. The normalized spacial score (nSPS) is 21.9. The first-order valence-electron chi connectivity index (χ1n) is 9.68. The van der Waals surface area contributed by atoms with Crippen LogP contribution in [0.1, 0.15) is 59.8 Å². The van der Waals surface area contributed by atoms with Gasteiger partial charge in [0.25, 0.3) is 0 Å². The Morgan fingerprint density at radius 1 is 1.07 bits per heavy atom. The number of aliphatic carboxylic acids is 1. The molecule has 158 valence electrons. The smallest absolute Gasteiger partial charge is 0.326 e. The van der Waals surface area contributed by atoms with Crippen LogP contribution in [0.3, 0.4) is 0 Å². The molecule has 2 atom stereocenters. The van der Waals surface area contributed by atoms with Crippen molar-refractivity contribution in [1.82, 2.24) is 10.6 Å². The molecule has 0 aromatic carbocycles. The molecule has 2 amide bonds. The van der Waals surface area contributed by atoms with Crippen molar-refractivity contribution < 1.29 is 19.5 Å². The van der Waals surface area contributed by atoms with Gasteiger partial charge in [-0.25, -0.2) is 4.79 Å². The van der Waals surface area contributed by atoms with Crippen LogP contribution in [0.25, 0.3) is 0 Å². The van der Waals surface area contributed by atoms with E-state index in [1.165, 1.54) is 0 Å². The average molecular weight is 406 g/mol. The Balaban J connectivity index is 0.00000676. The second kappa shape index (κ2) is 12.2. The first kappa shape index (κ1) is 25.7. The number of carbonyl (C=O) groups excluding carboxylic acids is 2. The van der Waals surface area contributed by atoms with Gasteiger partial charge in [-0.05, 0) is 49.9 Å². The molecule has 2 unspecified atom stereocenters. The predicted octanol–water partition coefficient (Wildman–Crippen LogP) is 1.93. The van der Waals surface area contributed by atoms with Crippen LogP contribution in [0.5, 0.6) is 0 Å². The van der Waals surface area contributed by atoms with E-state index in [0.29, 0.717) is 18.9 Å². The Hall–Kier alpha value is -1.34. The van der Waals surface area contributed by atoms with Crippen molar-refractivity contribution >= 4 is 30.2 Å². The standard InChI is InChI=1S/C19H35N3O4.ClH/c1-11(2)9-15(19(25)26)22-17(23)14-7-5-13(6-8-14)10-21-18(24)16(20)12(3)4;/h11-16H,5-10,20H2,1-4H3,(H,21,24)(H,22,23)(H,25,26);1H. The molecule has 0 aromatic heterocycles. The van der Waals surface area contributed by atoms with Crippen molar-refractivity contribution in [3.05, 3.63) is 0 Å².